The molecule has 1 N–H and O–H groups in total. The van der Waals surface area contributed by atoms with Crippen LogP contribution >= 0.6 is 11.6 Å². The van der Waals surface area contributed by atoms with Gasteiger partial charge in [-0.1, -0.05) is 11.6 Å². The van der Waals surface area contributed by atoms with Gasteiger partial charge >= 0.3 is 5.97 Å². The zero-order valence-corrected chi connectivity index (χ0v) is 13.6. The van der Waals surface area contributed by atoms with Crippen LogP contribution in [0, 0.1) is 5.92 Å². The molecular weight excluding hydrogens is 334 g/mol. The van der Waals surface area contributed by atoms with Gasteiger partial charge in [0.15, 0.2) is 0 Å². The molecule has 0 spiro atoms. The molecule has 1 heterocycles. The summed E-state index contributed by atoms with van der Waals surface area (Å²) in [7, 11) is -1.14. The van der Waals surface area contributed by atoms with Crippen molar-refractivity contribution in [1.29, 1.82) is 0 Å². The number of methoxy groups -OCH3 is 2. The molecule has 0 radical (unpaired) electrons. The van der Waals surface area contributed by atoms with Gasteiger partial charge in [0.05, 0.1) is 25.2 Å². The standard InChI is InChI=1S/C13H16ClNO6S/c1-20-10-6-11(21-2)12(5-9(10)14)22(18,19)15-4-3-8(7-15)13(16)17/h5-6,8H,3-4,7H2,1-2H3,(H,16,17). The third-order valence-electron chi connectivity index (χ3n) is 3.56. The summed E-state index contributed by atoms with van der Waals surface area (Å²) in [5, 5.41) is 9.13. The highest BCUT2D eigenvalue weighted by atomic mass is 35.5. The minimum absolute atomic E-state index is 0.0650. The van der Waals surface area contributed by atoms with Gasteiger partial charge in [-0.3, -0.25) is 4.79 Å². The van der Waals surface area contributed by atoms with Crippen LogP contribution in [0.3, 0.4) is 0 Å². The molecule has 1 atom stereocenters. The van der Waals surface area contributed by atoms with Crippen LogP contribution in [0.15, 0.2) is 17.0 Å². The fourth-order valence-corrected chi connectivity index (χ4v) is 4.29. The number of hydrogen-bond donors (Lipinski definition) is 1. The SMILES string of the molecule is COc1cc(OC)c(S(=O)(=O)N2CCC(C(=O)O)C2)cc1Cl. The number of ether oxygens (including phenoxy) is 2. The molecule has 0 saturated carbocycles. The minimum atomic E-state index is -3.89. The molecule has 1 aromatic carbocycles. The Bertz CT molecular complexity index is 690. The van der Waals surface area contributed by atoms with E-state index in [1.807, 2.05) is 0 Å². The van der Waals surface area contributed by atoms with E-state index in [4.69, 9.17) is 26.2 Å². The summed E-state index contributed by atoms with van der Waals surface area (Å²) in [5.41, 5.74) is 0. The Kier molecular flexibility index (Phi) is 4.84. The molecule has 0 aromatic heterocycles. The molecule has 1 fully saturated rings. The van der Waals surface area contributed by atoms with Crippen LogP contribution in [-0.2, 0) is 14.8 Å². The molecule has 1 aliphatic heterocycles. The van der Waals surface area contributed by atoms with Gasteiger partial charge in [0, 0.05) is 19.2 Å². The Balaban J connectivity index is 2.42. The molecule has 1 saturated heterocycles. The first-order valence-electron chi connectivity index (χ1n) is 6.45. The Labute approximate surface area is 133 Å². The summed E-state index contributed by atoms with van der Waals surface area (Å²) < 4.78 is 36.6. The van der Waals surface area contributed by atoms with Gasteiger partial charge in [0.25, 0.3) is 0 Å². The summed E-state index contributed by atoms with van der Waals surface area (Å²) in [6.45, 7) is 0.0799. The number of aliphatic carboxylic acids is 1. The van der Waals surface area contributed by atoms with E-state index >= 15 is 0 Å². The molecule has 1 aliphatic rings. The van der Waals surface area contributed by atoms with E-state index in [-0.39, 0.29) is 35.2 Å². The van der Waals surface area contributed by atoms with Gasteiger partial charge < -0.3 is 14.6 Å². The lowest BCUT2D eigenvalue weighted by molar-refractivity contribution is -0.141. The van der Waals surface area contributed by atoms with Crippen molar-refractivity contribution in [2.24, 2.45) is 5.92 Å². The molecule has 9 heteroatoms. The van der Waals surface area contributed by atoms with Crippen molar-refractivity contribution in [3.8, 4) is 11.5 Å². The van der Waals surface area contributed by atoms with Gasteiger partial charge in [-0.05, 0) is 12.5 Å². The number of carbonyl (C=O) groups is 1. The van der Waals surface area contributed by atoms with Crippen molar-refractivity contribution >= 4 is 27.6 Å². The summed E-state index contributed by atoms with van der Waals surface area (Å²) in [6.07, 6.45) is 0.279. The van der Waals surface area contributed by atoms with Gasteiger partial charge in [-0.25, -0.2) is 8.42 Å². The van der Waals surface area contributed by atoms with E-state index in [0.29, 0.717) is 5.75 Å². The Morgan fingerprint density at radius 3 is 2.45 bits per heavy atom. The van der Waals surface area contributed by atoms with Crippen LogP contribution in [-0.4, -0.2) is 51.1 Å². The predicted molar refractivity (Wildman–Crippen MR) is 79.1 cm³/mol. The maximum atomic E-state index is 12.7. The number of halogens is 1. The van der Waals surface area contributed by atoms with Gasteiger partial charge in [0.1, 0.15) is 16.4 Å². The lowest BCUT2D eigenvalue weighted by Crippen LogP contribution is -2.30. The number of nitrogens with zero attached hydrogens (tertiary/aromatic N) is 1. The lowest BCUT2D eigenvalue weighted by Gasteiger charge is -2.19. The van der Waals surface area contributed by atoms with E-state index in [1.165, 1.54) is 26.4 Å². The monoisotopic (exact) mass is 349 g/mol. The Hall–Kier alpha value is -1.51. The first kappa shape index (κ1) is 16.9. The smallest absolute Gasteiger partial charge is 0.307 e. The number of rotatable bonds is 5. The van der Waals surface area contributed by atoms with Gasteiger partial charge in [-0.2, -0.15) is 4.31 Å². The molecule has 0 aliphatic carbocycles. The summed E-state index contributed by atoms with van der Waals surface area (Å²) >= 11 is 5.99. The lowest BCUT2D eigenvalue weighted by atomic mass is 10.1. The highest BCUT2D eigenvalue weighted by molar-refractivity contribution is 7.89. The molecule has 122 valence electrons. The predicted octanol–water partition coefficient (Wildman–Crippen LogP) is 1.45. The largest absolute Gasteiger partial charge is 0.495 e. The van der Waals surface area contributed by atoms with Crippen LogP contribution in [0.25, 0.3) is 0 Å². The highest BCUT2D eigenvalue weighted by Gasteiger charge is 2.37. The summed E-state index contributed by atoms with van der Waals surface area (Å²) in [6, 6.07) is 2.64. The second-order valence-corrected chi connectivity index (χ2v) is 7.14. The normalized spacial score (nSPS) is 19.1. The number of hydrogen-bond acceptors (Lipinski definition) is 5. The van der Waals surface area contributed by atoms with Crippen molar-refractivity contribution in [2.45, 2.75) is 11.3 Å². The molecule has 1 aromatic rings. The first-order valence-corrected chi connectivity index (χ1v) is 8.27. The third-order valence-corrected chi connectivity index (χ3v) is 5.74. The van der Waals surface area contributed by atoms with Crippen molar-refractivity contribution in [1.82, 2.24) is 4.31 Å². The van der Waals surface area contributed by atoms with Gasteiger partial charge in [0.2, 0.25) is 10.0 Å². The van der Waals surface area contributed by atoms with E-state index in [9.17, 15) is 13.2 Å². The fourth-order valence-electron chi connectivity index (χ4n) is 2.32. The second kappa shape index (κ2) is 6.31. The average molecular weight is 350 g/mol. The fraction of sp³-hybridized carbons (Fsp3) is 0.462. The number of sulfonamides is 1. The maximum absolute atomic E-state index is 12.7. The molecule has 7 nitrogen and oxygen atoms in total. The summed E-state index contributed by atoms with van der Waals surface area (Å²) in [4.78, 5) is 10.9. The molecule has 0 amide bonds. The van der Waals surface area contributed by atoms with E-state index < -0.39 is 21.9 Å². The zero-order valence-electron chi connectivity index (χ0n) is 12.1. The molecule has 1 unspecified atom stereocenters. The quantitative estimate of drug-likeness (QED) is 0.864. The van der Waals surface area contributed by atoms with Crippen LogP contribution < -0.4 is 9.47 Å². The van der Waals surface area contributed by atoms with Crippen molar-refractivity contribution < 1.29 is 27.8 Å². The first-order chi connectivity index (χ1) is 10.3. The van der Waals surface area contributed by atoms with Crippen LogP contribution in [0.5, 0.6) is 11.5 Å². The third kappa shape index (κ3) is 2.99. The van der Waals surface area contributed by atoms with Crippen LogP contribution in [0.1, 0.15) is 6.42 Å². The minimum Gasteiger partial charge on any atom is -0.495 e. The van der Waals surface area contributed by atoms with Crippen molar-refractivity contribution in [3.63, 3.8) is 0 Å². The topological polar surface area (TPSA) is 93.1 Å². The van der Waals surface area contributed by atoms with Crippen molar-refractivity contribution in [2.75, 3.05) is 27.3 Å². The Morgan fingerprint density at radius 2 is 1.95 bits per heavy atom. The molecule has 22 heavy (non-hydrogen) atoms. The molecule has 0 bridgehead atoms. The number of benzene rings is 1. The maximum Gasteiger partial charge on any atom is 0.307 e. The Morgan fingerprint density at radius 1 is 1.32 bits per heavy atom. The van der Waals surface area contributed by atoms with E-state index in [1.54, 1.807) is 0 Å². The van der Waals surface area contributed by atoms with E-state index in [0.717, 1.165) is 4.31 Å². The zero-order chi connectivity index (χ0) is 16.5. The highest BCUT2D eigenvalue weighted by Crippen LogP contribution is 2.37. The van der Waals surface area contributed by atoms with Crippen LogP contribution in [0.4, 0.5) is 0 Å². The number of carboxylic acid groups (broad SMARTS) is 1. The molecular formula is C13H16ClNO6S. The van der Waals surface area contributed by atoms with Crippen molar-refractivity contribution in [3.05, 3.63) is 17.2 Å². The summed E-state index contributed by atoms with van der Waals surface area (Å²) in [5.74, 6) is -1.31. The number of carboxylic acids is 1. The van der Waals surface area contributed by atoms with E-state index in [2.05, 4.69) is 0 Å². The van der Waals surface area contributed by atoms with Gasteiger partial charge in [-0.15, -0.1) is 0 Å². The molecule has 2 rings (SSSR count). The van der Waals surface area contributed by atoms with Crippen LogP contribution in [0.2, 0.25) is 5.02 Å². The second-order valence-electron chi connectivity index (χ2n) is 4.82. The average Bonchev–Trinajstić information content (AvgIpc) is 2.97.